The molecule has 222 valence electrons. The lowest BCUT2D eigenvalue weighted by Gasteiger charge is -2.40. The minimum Gasteiger partial charge on any atom is -0.455 e. The van der Waals surface area contributed by atoms with Crippen LogP contribution in [0.2, 0.25) is 18.1 Å². The number of hydrogen-bond donors (Lipinski definition) is 0. The fourth-order valence-electron chi connectivity index (χ4n) is 5.01. The van der Waals surface area contributed by atoms with Crippen LogP contribution in [0, 0.1) is 18.3 Å². The molecule has 7 heteroatoms. The number of carbonyl (C=O) groups is 2. The van der Waals surface area contributed by atoms with Crippen LogP contribution < -0.4 is 0 Å². The highest BCUT2D eigenvalue weighted by Gasteiger charge is 2.44. The van der Waals surface area contributed by atoms with E-state index in [0.717, 1.165) is 46.5 Å². The summed E-state index contributed by atoms with van der Waals surface area (Å²) in [5.41, 5.74) is 2.48. The van der Waals surface area contributed by atoms with Crippen molar-refractivity contribution in [2.45, 2.75) is 131 Å². The number of hydrogen-bond acceptors (Lipinski definition) is 6. The van der Waals surface area contributed by atoms with Crippen molar-refractivity contribution >= 4 is 41.6 Å². The number of esters is 1. The highest BCUT2D eigenvalue weighted by molar-refractivity contribution is 7.18. The van der Waals surface area contributed by atoms with E-state index in [-0.39, 0.29) is 16.8 Å². The largest absolute Gasteiger partial charge is 0.455 e. The van der Waals surface area contributed by atoms with Gasteiger partial charge in [0.25, 0.3) is 0 Å². The number of Topliss-reactive ketones (excluding diaryl/α,β-unsaturated/α-hetero) is 1. The predicted octanol–water partition coefficient (Wildman–Crippen LogP) is 9.50. The number of ether oxygens (including phenoxy) is 1. The summed E-state index contributed by atoms with van der Waals surface area (Å²) in [6.45, 7) is 21.1. The second-order valence-corrected chi connectivity index (χ2v) is 20.1. The Bertz CT molecular complexity index is 1220. The van der Waals surface area contributed by atoms with Gasteiger partial charge in [-0.25, -0.2) is 9.78 Å². The fraction of sp³-hybridized carbons (Fsp3) is 0.667. The van der Waals surface area contributed by atoms with Crippen molar-refractivity contribution in [3.63, 3.8) is 0 Å². The molecule has 0 radical (unpaired) electrons. The molecule has 1 aliphatic heterocycles. The van der Waals surface area contributed by atoms with E-state index in [1.165, 1.54) is 5.57 Å². The van der Waals surface area contributed by atoms with Gasteiger partial charge in [-0.2, -0.15) is 0 Å². The van der Waals surface area contributed by atoms with E-state index >= 15 is 0 Å². The van der Waals surface area contributed by atoms with E-state index in [2.05, 4.69) is 77.0 Å². The van der Waals surface area contributed by atoms with Crippen LogP contribution in [0.1, 0.15) is 110 Å². The fourth-order valence-corrected chi connectivity index (χ4v) is 7.06. The number of aryl methyl sites for hydroxylation is 1. The first-order valence-electron chi connectivity index (χ1n) is 14.9. The summed E-state index contributed by atoms with van der Waals surface area (Å²) in [4.78, 5) is 32.1. The van der Waals surface area contributed by atoms with Gasteiger partial charge in [0.05, 0.1) is 15.2 Å². The number of ketones is 1. The number of thiazole rings is 1. The van der Waals surface area contributed by atoms with Gasteiger partial charge in [0.2, 0.25) is 0 Å². The van der Waals surface area contributed by atoms with Crippen molar-refractivity contribution in [2.75, 3.05) is 0 Å². The van der Waals surface area contributed by atoms with Gasteiger partial charge in [-0.1, -0.05) is 65.7 Å². The molecule has 0 bridgehead atoms. The third-order valence-corrected chi connectivity index (χ3v) is 14.4. The van der Waals surface area contributed by atoms with Gasteiger partial charge in [-0.05, 0) is 81.3 Å². The van der Waals surface area contributed by atoms with Gasteiger partial charge in [0, 0.05) is 18.3 Å². The molecule has 0 saturated carbocycles. The number of cyclic esters (lactones) is 1. The zero-order valence-corrected chi connectivity index (χ0v) is 28.3. The van der Waals surface area contributed by atoms with Crippen molar-refractivity contribution in [3.05, 3.63) is 40.4 Å². The van der Waals surface area contributed by atoms with Crippen molar-refractivity contribution in [1.29, 1.82) is 0 Å². The molecule has 1 aliphatic rings. The topological polar surface area (TPSA) is 65.5 Å². The Balaban J connectivity index is 2.02. The van der Waals surface area contributed by atoms with Crippen LogP contribution in [0.5, 0.6) is 0 Å². The quantitative estimate of drug-likeness (QED) is 0.204. The van der Waals surface area contributed by atoms with Gasteiger partial charge in [0.1, 0.15) is 18.0 Å². The van der Waals surface area contributed by atoms with Crippen LogP contribution in [-0.4, -0.2) is 31.2 Å². The number of nitrogens with zero attached hydrogens (tertiary/aromatic N) is 1. The normalized spacial score (nSPS) is 24.6. The maximum Gasteiger partial charge on any atom is 0.334 e. The molecule has 40 heavy (non-hydrogen) atoms. The first-order valence-corrected chi connectivity index (χ1v) is 18.7. The summed E-state index contributed by atoms with van der Waals surface area (Å²) in [6, 6.07) is 6.18. The molecule has 0 N–H and O–H groups in total. The van der Waals surface area contributed by atoms with Crippen LogP contribution in [0.15, 0.2) is 29.8 Å². The number of rotatable bonds is 3. The first-order chi connectivity index (χ1) is 18.5. The van der Waals surface area contributed by atoms with Crippen LogP contribution in [0.3, 0.4) is 0 Å². The second kappa shape index (κ2) is 13.0. The summed E-state index contributed by atoms with van der Waals surface area (Å²) in [7, 11) is -2.33. The molecule has 1 aromatic heterocycles. The minimum atomic E-state index is -2.33. The maximum absolute atomic E-state index is 14.0. The van der Waals surface area contributed by atoms with Crippen LogP contribution in [-0.2, 0) is 18.8 Å². The summed E-state index contributed by atoms with van der Waals surface area (Å²) in [5.74, 6) is 0.308. The molecule has 0 fully saturated rings. The lowest BCUT2D eigenvalue weighted by molar-refractivity contribution is -0.160. The third-order valence-electron chi connectivity index (χ3n) is 8.92. The molecule has 0 aliphatic carbocycles. The Labute approximate surface area is 247 Å². The van der Waals surface area contributed by atoms with E-state index in [9.17, 15) is 9.59 Å². The summed E-state index contributed by atoms with van der Waals surface area (Å²) < 4.78 is 14.2. The number of aromatic nitrogens is 1. The molecule has 0 saturated heterocycles. The molecule has 2 heterocycles. The Kier molecular flexibility index (Phi) is 10.6. The Morgan fingerprint density at radius 1 is 1.10 bits per heavy atom. The number of allylic oxidation sites excluding steroid dienone is 1. The van der Waals surface area contributed by atoms with Crippen LogP contribution in [0.25, 0.3) is 10.2 Å². The highest BCUT2D eigenvalue weighted by Crippen LogP contribution is 2.40. The minimum absolute atomic E-state index is 0.0844. The highest BCUT2D eigenvalue weighted by atomic mass is 32.1. The standard InChI is InChI=1S/C33H51NO4SSi/c1-22-12-11-13-23(2)15-19-30(35)33(7,8)21-28(38-40(9,10)32(4,5)6)31(36)37-27(17-14-22)25-16-18-29-26(20-25)34-24(3)39-29/h14,16,18,20,23,27-28H,11-13,15,17,19,21H2,1-10H3. The smallest absolute Gasteiger partial charge is 0.334 e. The molecule has 0 spiro atoms. The Morgan fingerprint density at radius 2 is 1.80 bits per heavy atom. The first kappa shape index (κ1) is 32.7. The zero-order chi connectivity index (χ0) is 29.9. The molecule has 3 unspecified atom stereocenters. The molecular formula is C33H51NO4SSi. The van der Waals surface area contributed by atoms with E-state index in [1.54, 1.807) is 11.3 Å². The van der Waals surface area contributed by atoms with Crippen molar-refractivity contribution in [1.82, 2.24) is 4.98 Å². The molecule has 3 rings (SSSR count). The molecule has 2 aromatic rings. The lowest BCUT2D eigenvalue weighted by Crippen LogP contribution is -2.48. The van der Waals surface area contributed by atoms with Gasteiger partial charge in [-0.3, -0.25) is 4.79 Å². The van der Waals surface area contributed by atoms with Gasteiger partial charge < -0.3 is 9.16 Å². The van der Waals surface area contributed by atoms with E-state index < -0.39 is 25.9 Å². The predicted molar refractivity (Wildman–Crippen MR) is 169 cm³/mol. The SMILES string of the molecule is CC1=CCC(c2ccc3sc(C)nc3c2)OC(=O)C(O[Si](C)(C)C(C)(C)C)CC(C)(C)C(=O)CCC(C)CCC1. The monoisotopic (exact) mass is 585 g/mol. The average Bonchev–Trinajstić information content (AvgIpc) is 3.22. The summed E-state index contributed by atoms with van der Waals surface area (Å²) >= 11 is 1.67. The lowest BCUT2D eigenvalue weighted by atomic mass is 9.79. The van der Waals surface area contributed by atoms with E-state index in [4.69, 9.17) is 9.16 Å². The molecule has 3 atom stereocenters. The average molecular weight is 586 g/mol. The van der Waals surface area contributed by atoms with Gasteiger partial charge in [-0.15, -0.1) is 11.3 Å². The molecule has 0 amide bonds. The van der Waals surface area contributed by atoms with Crippen LogP contribution >= 0.6 is 11.3 Å². The summed E-state index contributed by atoms with van der Waals surface area (Å²) in [6.07, 6.45) is 6.49. The second-order valence-electron chi connectivity index (χ2n) is 14.1. The number of benzene rings is 1. The third kappa shape index (κ3) is 8.59. The number of fused-ring (bicyclic) bond motifs is 1. The van der Waals surface area contributed by atoms with Crippen molar-refractivity contribution in [3.8, 4) is 0 Å². The van der Waals surface area contributed by atoms with E-state index in [0.29, 0.717) is 25.2 Å². The Hall–Kier alpha value is -1.83. The Morgan fingerprint density at radius 3 is 2.48 bits per heavy atom. The zero-order valence-electron chi connectivity index (χ0n) is 26.5. The van der Waals surface area contributed by atoms with Crippen molar-refractivity contribution in [2.24, 2.45) is 11.3 Å². The van der Waals surface area contributed by atoms with Gasteiger partial charge >= 0.3 is 5.97 Å². The van der Waals surface area contributed by atoms with Gasteiger partial charge in [0.15, 0.2) is 8.32 Å². The van der Waals surface area contributed by atoms with E-state index in [1.807, 2.05) is 20.8 Å². The summed E-state index contributed by atoms with van der Waals surface area (Å²) in [5, 5.41) is 0.931. The maximum atomic E-state index is 14.0. The van der Waals surface area contributed by atoms with Crippen molar-refractivity contribution < 1.29 is 18.8 Å². The molecular weight excluding hydrogens is 535 g/mol. The van der Waals surface area contributed by atoms with Crippen LogP contribution in [0.4, 0.5) is 0 Å². The molecule has 1 aromatic carbocycles. The number of carbonyl (C=O) groups excluding carboxylic acids is 2. The molecule has 5 nitrogen and oxygen atoms in total.